The van der Waals surface area contributed by atoms with Gasteiger partial charge in [-0.25, -0.2) is 0 Å². The highest BCUT2D eigenvalue weighted by Crippen LogP contribution is 2.28. The van der Waals surface area contributed by atoms with Gasteiger partial charge in [0.05, 0.1) is 5.82 Å². The lowest BCUT2D eigenvalue weighted by atomic mass is 10.3. The molecule has 2 aromatic rings. The van der Waals surface area contributed by atoms with Gasteiger partial charge < -0.3 is 10.6 Å². The van der Waals surface area contributed by atoms with E-state index in [2.05, 4.69) is 57.7 Å². The second kappa shape index (κ2) is 9.30. The molecule has 0 atom stereocenters. The zero-order valence-corrected chi connectivity index (χ0v) is 15.7. The summed E-state index contributed by atoms with van der Waals surface area (Å²) in [5.74, 6) is 9.29. The molecule has 0 saturated carbocycles. The summed E-state index contributed by atoms with van der Waals surface area (Å²) in [4.78, 5) is 5.24. The number of pyridine rings is 1. The van der Waals surface area contributed by atoms with Gasteiger partial charge >= 0.3 is 0 Å². The van der Waals surface area contributed by atoms with Crippen LogP contribution in [0.4, 0.5) is 5.69 Å². The van der Waals surface area contributed by atoms with Crippen LogP contribution in [0.1, 0.15) is 25.3 Å². The monoisotopic (exact) mass is 356 g/mol. The lowest BCUT2D eigenvalue weighted by Gasteiger charge is -2.18. The van der Waals surface area contributed by atoms with Gasteiger partial charge in [0.2, 0.25) is 0 Å². The number of nitrogens with zero attached hydrogens (tertiary/aromatic N) is 1. The Kier molecular flexibility index (Phi) is 7.10. The second-order valence-corrected chi connectivity index (χ2v) is 8.50. The van der Waals surface area contributed by atoms with E-state index in [1.54, 1.807) is 6.20 Å². The molecule has 1 aromatic heterocycles. The van der Waals surface area contributed by atoms with Crippen LogP contribution in [0, 0.1) is 0 Å². The molecule has 134 valence electrons. The predicted octanol–water partition coefficient (Wildman–Crippen LogP) is 4.09. The summed E-state index contributed by atoms with van der Waals surface area (Å²) < 4.78 is 3.48. The van der Waals surface area contributed by atoms with Crippen LogP contribution in [0.3, 0.4) is 0 Å². The first-order valence-corrected chi connectivity index (χ1v) is 10.4. The van der Waals surface area contributed by atoms with Crippen LogP contribution in [-0.4, -0.2) is 23.3 Å². The fourth-order valence-corrected chi connectivity index (χ4v) is 3.62. The molecule has 1 aromatic carbocycles. The van der Waals surface area contributed by atoms with Crippen LogP contribution in [-0.2, 0) is 6.54 Å². The lowest BCUT2D eigenvalue weighted by molar-refractivity contribution is 0.775. The number of nitrogens with one attached hydrogen (secondary N) is 3. The molecular formula is C20H28N4S. The number of unbranched alkanes of at least 4 members (excludes halogenated alkanes) is 1. The summed E-state index contributed by atoms with van der Waals surface area (Å²) in [6.45, 7) is 7.83. The Labute approximate surface area is 152 Å². The zero-order chi connectivity index (χ0) is 18.1. The van der Waals surface area contributed by atoms with Gasteiger partial charge in [-0.2, -0.15) is 0 Å². The number of hydrogen-bond donors (Lipinski definition) is 3. The van der Waals surface area contributed by atoms with Gasteiger partial charge in [0.25, 0.3) is 0 Å². The van der Waals surface area contributed by atoms with Gasteiger partial charge in [0, 0.05) is 36.1 Å². The van der Waals surface area contributed by atoms with Crippen molar-refractivity contribution < 1.29 is 0 Å². The third kappa shape index (κ3) is 6.29. The van der Waals surface area contributed by atoms with Crippen molar-refractivity contribution >= 4 is 26.8 Å². The molecule has 2 rings (SSSR count). The molecule has 0 bridgehead atoms. The first kappa shape index (κ1) is 19.1. The molecular weight excluding hydrogens is 328 g/mol. The molecule has 1 heterocycles. The average molecular weight is 357 g/mol. The highest BCUT2D eigenvalue weighted by atomic mass is 32.2. The molecule has 5 heteroatoms. The van der Waals surface area contributed by atoms with Gasteiger partial charge in [-0.05, 0) is 42.3 Å². The topological polar surface area (TPSA) is 49.0 Å². The summed E-state index contributed by atoms with van der Waals surface area (Å²) in [6.07, 6.45) is 5.91. The molecule has 0 saturated heterocycles. The van der Waals surface area contributed by atoms with Crippen LogP contribution in [0.5, 0.6) is 0 Å². The molecule has 0 aliphatic heterocycles. The highest BCUT2D eigenvalue weighted by molar-refractivity contribution is 8.26. The molecule has 25 heavy (non-hydrogen) atoms. The molecule has 0 aliphatic carbocycles. The van der Waals surface area contributed by atoms with E-state index in [1.165, 1.54) is 6.42 Å². The van der Waals surface area contributed by atoms with Crippen molar-refractivity contribution in [2.75, 3.05) is 11.9 Å². The van der Waals surface area contributed by atoms with E-state index < -0.39 is 9.39 Å². The quantitative estimate of drug-likeness (QED) is 0.443. The standard InChI is InChI=1S/C20H28N4S/c1-5-6-14-23-25(3,4)20-11-9-19(10-12-20)24-17(2)22-16-18-8-7-13-21-15-18/h7-13,15,22-24H,2-6,14,16H2,1H3. The van der Waals surface area contributed by atoms with E-state index in [0.29, 0.717) is 6.54 Å². The van der Waals surface area contributed by atoms with Gasteiger partial charge in [-0.15, -0.1) is 9.39 Å². The fourth-order valence-electron chi connectivity index (χ4n) is 2.26. The van der Waals surface area contributed by atoms with Crippen molar-refractivity contribution in [1.82, 2.24) is 15.0 Å². The van der Waals surface area contributed by atoms with Gasteiger partial charge in [-0.3, -0.25) is 9.71 Å². The molecule has 4 nitrogen and oxygen atoms in total. The maximum Gasteiger partial charge on any atom is 0.0959 e. The largest absolute Gasteiger partial charge is 0.368 e. The SMILES string of the molecule is C=C(NCc1cccnc1)Nc1ccc(S(=C)(=C)NCCCC)cc1. The minimum atomic E-state index is -1.45. The van der Waals surface area contributed by atoms with Gasteiger partial charge in [0.1, 0.15) is 0 Å². The average Bonchev–Trinajstić information content (AvgIpc) is 2.61. The fraction of sp³-hybridized carbons (Fsp3) is 0.250. The maximum absolute atomic E-state index is 4.27. The third-order valence-electron chi connectivity index (χ3n) is 3.74. The van der Waals surface area contributed by atoms with Crippen LogP contribution in [0.15, 0.2) is 66.1 Å². The maximum atomic E-state index is 4.27. The minimum Gasteiger partial charge on any atom is -0.368 e. The zero-order valence-electron chi connectivity index (χ0n) is 14.9. The van der Waals surface area contributed by atoms with Crippen molar-refractivity contribution in [1.29, 1.82) is 0 Å². The summed E-state index contributed by atoms with van der Waals surface area (Å²) in [7, 11) is -1.45. The van der Waals surface area contributed by atoms with E-state index in [4.69, 9.17) is 0 Å². The number of benzene rings is 1. The minimum absolute atomic E-state index is 0.685. The Morgan fingerprint density at radius 2 is 1.92 bits per heavy atom. The number of anilines is 1. The Morgan fingerprint density at radius 1 is 1.16 bits per heavy atom. The smallest absolute Gasteiger partial charge is 0.0959 e. The van der Waals surface area contributed by atoms with Crippen molar-refractivity contribution in [3.05, 3.63) is 66.8 Å². The van der Waals surface area contributed by atoms with Crippen molar-refractivity contribution in [3.8, 4) is 0 Å². The van der Waals surface area contributed by atoms with Crippen LogP contribution < -0.4 is 15.4 Å². The Balaban J connectivity index is 1.88. The van der Waals surface area contributed by atoms with Crippen molar-refractivity contribution in [2.24, 2.45) is 0 Å². The molecule has 0 fully saturated rings. The van der Waals surface area contributed by atoms with E-state index in [-0.39, 0.29) is 0 Å². The molecule has 0 amide bonds. The molecule has 3 N–H and O–H groups in total. The van der Waals surface area contributed by atoms with Crippen LogP contribution in [0.2, 0.25) is 0 Å². The predicted molar refractivity (Wildman–Crippen MR) is 113 cm³/mol. The van der Waals surface area contributed by atoms with Crippen molar-refractivity contribution in [3.63, 3.8) is 0 Å². The van der Waals surface area contributed by atoms with Crippen LogP contribution in [0.25, 0.3) is 0 Å². The molecule has 0 unspecified atom stereocenters. The van der Waals surface area contributed by atoms with E-state index >= 15 is 0 Å². The second-order valence-electron chi connectivity index (χ2n) is 5.97. The van der Waals surface area contributed by atoms with Gasteiger partial charge in [0.15, 0.2) is 0 Å². The normalized spacial score (nSPS) is 11.1. The first-order chi connectivity index (χ1) is 12.0. The summed E-state index contributed by atoms with van der Waals surface area (Å²) >= 11 is 0. The van der Waals surface area contributed by atoms with Crippen LogP contribution >= 0.6 is 9.39 Å². The molecule has 0 radical (unpaired) electrons. The summed E-state index contributed by atoms with van der Waals surface area (Å²) in [5.41, 5.74) is 2.10. The first-order valence-electron chi connectivity index (χ1n) is 8.44. The van der Waals surface area contributed by atoms with E-state index in [0.717, 1.165) is 34.9 Å². The van der Waals surface area contributed by atoms with Gasteiger partial charge in [-0.1, -0.05) is 37.7 Å². The third-order valence-corrected chi connectivity index (χ3v) is 5.67. The Bertz CT molecular complexity index is 765. The summed E-state index contributed by atoms with van der Waals surface area (Å²) in [6, 6.07) is 12.2. The van der Waals surface area contributed by atoms with Crippen molar-refractivity contribution in [2.45, 2.75) is 31.2 Å². The molecule has 0 spiro atoms. The lowest BCUT2D eigenvalue weighted by Crippen LogP contribution is -2.18. The molecule has 0 aliphatic rings. The highest BCUT2D eigenvalue weighted by Gasteiger charge is 2.02. The number of aromatic nitrogens is 1. The number of rotatable bonds is 10. The van der Waals surface area contributed by atoms with E-state index in [1.807, 2.05) is 30.5 Å². The Hall–Kier alpha value is -2.24. The Morgan fingerprint density at radius 3 is 2.56 bits per heavy atom. The van der Waals surface area contributed by atoms with E-state index in [9.17, 15) is 0 Å². The number of hydrogen-bond acceptors (Lipinski definition) is 4. The summed E-state index contributed by atoms with van der Waals surface area (Å²) in [5, 5.41) is 6.51.